The Hall–Kier alpha value is -2.65. The summed E-state index contributed by atoms with van der Waals surface area (Å²) in [7, 11) is 0. The third-order valence-corrected chi connectivity index (χ3v) is 5.95. The van der Waals surface area contributed by atoms with Gasteiger partial charge in [0.25, 0.3) is 5.91 Å². The van der Waals surface area contributed by atoms with Crippen molar-refractivity contribution in [3.63, 3.8) is 0 Å². The van der Waals surface area contributed by atoms with Gasteiger partial charge in [0.15, 0.2) is 0 Å². The van der Waals surface area contributed by atoms with Crippen molar-refractivity contribution < 1.29 is 4.79 Å². The molecule has 25 heavy (non-hydrogen) atoms. The van der Waals surface area contributed by atoms with Gasteiger partial charge in [0.2, 0.25) is 0 Å². The van der Waals surface area contributed by atoms with Crippen LogP contribution in [0.3, 0.4) is 0 Å². The number of nitrogens with one attached hydrogen (secondary N) is 1. The minimum atomic E-state index is -0.272. The molecule has 5 nitrogen and oxygen atoms in total. The molecule has 1 atom stereocenters. The van der Waals surface area contributed by atoms with Crippen molar-refractivity contribution in [2.24, 2.45) is 5.92 Å². The summed E-state index contributed by atoms with van der Waals surface area (Å²) in [6, 6.07) is 8.04. The van der Waals surface area contributed by atoms with Crippen molar-refractivity contribution in [1.29, 1.82) is 5.26 Å². The van der Waals surface area contributed by atoms with Crippen LogP contribution in [0.1, 0.15) is 45.5 Å². The Kier molecular flexibility index (Phi) is 3.81. The minimum absolute atomic E-state index is 0.272. The molecule has 0 saturated carbocycles. The molecule has 1 aliphatic rings. The number of hydrogen-bond donors (Lipinski definition) is 1. The lowest BCUT2D eigenvalue weighted by Gasteiger charge is -2.17. The third-order valence-electron chi connectivity index (χ3n) is 4.78. The van der Waals surface area contributed by atoms with Crippen molar-refractivity contribution in [1.82, 2.24) is 9.38 Å². The number of carbonyl (C=O) groups is 1. The van der Waals surface area contributed by atoms with E-state index < -0.39 is 0 Å². The van der Waals surface area contributed by atoms with Crippen LogP contribution in [0.2, 0.25) is 0 Å². The number of aromatic nitrogens is 2. The van der Waals surface area contributed by atoms with Gasteiger partial charge < -0.3 is 9.72 Å². The Morgan fingerprint density at radius 1 is 1.48 bits per heavy atom. The molecule has 3 aromatic heterocycles. The number of rotatable bonds is 2. The van der Waals surface area contributed by atoms with E-state index in [2.05, 4.69) is 23.3 Å². The minimum Gasteiger partial charge on any atom is -0.311 e. The van der Waals surface area contributed by atoms with Crippen molar-refractivity contribution in [3.05, 3.63) is 51.8 Å². The van der Waals surface area contributed by atoms with Gasteiger partial charge in [0.1, 0.15) is 22.4 Å². The predicted molar refractivity (Wildman–Crippen MR) is 98.1 cm³/mol. The fraction of sp³-hybridized carbons (Fsp3) is 0.316. The fourth-order valence-corrected chi connectivity index (χ4v) is 4.74. The van der Waals surface area contributed by atoms with Gasteiger partial charge in [-0.05, 0) is 49.8 Å². The Morgan fingerprint density at radius 2 is 2.32 bits per heavy atom. The molecule has 1 unspecified atom stereocenters. The van der Waals surface area contributed by atoms with Crippen LogP contribution in [-0.4, -0.2) is 15.3 Å². The summed E-state index contributed by atoms with van der Waals surface area (Å²) in [6.45, 7) is 4.20. The molecule has 0 saturated heterocycles. The highest BCUT2D eigenvalue weighted by Gasteiger charge is 2.25. The maximum Gasteiger partial charge on any atom is 0.276 e. The topological polar surface area (TPSA) is 70.2 Å². The van der Waals surface area contributed by atoms with E-state index in [4.69, 9.17) is 0 Å². The number of imidazole rings is 1. The maximum absolute atomic E-state index is 12.7. The van der Waals surface area contributed by atoms with Gasteiger partial charge in [-0.2, -0.15) is 5.26 Å². The number of thiophene rings is 1. The summed E-state index contributed by atoms with van der Waals surface area (Å²) < 4.78 is 1.89. The first kappa shape index (κ1) is 15.9. The maximum atomic E-state index is 12.7. The van der Waals surface area contributed by atoms with Crippen LogP contribution in [0.25, 0.3) is 5.65 Å². The largest absolute Gasteiger partial charge is 0.311 e. The highest BCUT2D eigenvalue weighted by atomic mass is 32.1. The van der Waals surface area contributed by atoms with Crippen molar-refractivity contribution in [3.8, 4) is 6.07 Å². The third kappa shape index (κ3) is 2.71. The average Bonchev–Trinajstić information content (AvgIpc) is 3.16. The molecule has 3 aromatic rings. The second-order valence-electron chi connectivity index (χ2n) is 6.64. The SMILES string of the molecule is Cc1cccc2nc(C(=O)Nc3sc4c(c3C#N)CCC(C)C4)cn12. The molecule has 1 N–H and O–H groups in total. The van der Waals surface area contributed by atoms with Gasteiger partial charge in [-0.1, -0.05) is 13.0 Å². The zero-order chi connectivity index (χ0) is 17.6. The molecule has 6 heteroatoms. The summed E-state index contributed by atoms with van der Waals surface area (Å²) in [6.07, 6.45) is 4.73. The van der Waals surface area contributed by atoms with Crippen LogP contribution in [0.5, 0.6) is 0 Å². The molecular formula is C19H18N4OS. The van der Waals surface area contributed by atoms with E-state index >= 15 is 0 Å². The second kappa shape index (κ2) is 6.01. The molecule has 0 spiro atoms. The van der Waals surface area contributed by atoms with E-state index in [0.29, 0.717) is 22.2 Å². The highest BCUT2D eigenvalue weighted by molar-refractivity contribution is 7.16. The Morgan fingerprint density at radius 3 is 3.08 bits per heavy atom. The lowest BCUT2D eigenvalue weighted by Crippen LogP contribution is -2.12. The lowest BCUT2D eigenvalue weighted by molar-refractivity contribution is 0.102. The molecule has 0 aliphatic heterocycles. The molecule has 0 fully saturated rings. The first-order chi connectivity index (χ1) is 12.1. The predicted octanol–water partition coefficient (Wildman–Crippen LogP) is 3.95. The van der Waals surface area contributed by atoms with E-state index in [9.17, 15) is 10.1 Å². The normalized spacial score (nSPS) is 16.4. The summed E-state index contributed by atoms with van der Waals surface area (Å²) in [5.74, 6) is 0.355. The number of nitrogens with zero attached hydrogens (tertiary/aromatic N) is 3. The second-order valence-corrected chi connectivity index (χ2v) is 7.75. The van der Waals surface area contributed by atoms with Crippen molar-refractivity contribution in [2.75, 3.05) is 5.32 Å². The average molecular weight is 350 g/mol. The molecule has 1 amide bonds. The first-order valence-corrected chi connectivity index (χ1v) is 9.19. The molecule has 1 aliphatic carbocycles. The van der Waals surface area contributed by atoms with Crippen LogP contribution in [0.4, 0.5) is 5.00 Å². The van der Waals surface area contributed by atoms with Gasteiger partial charge in [-0.15, -0.1) is 11.3 Å². The molecule has 126 valence electrons. The number of nitriles is 1. The summed E-state index contributed by atoms with van der Waals surface area (Å²) in [5.41, 5.74) is 3.86. The van der Waals surface area contributed by atoms with Crippen LogP contribution in [0.15, 0.2) is 24.4 Å². The van der Waals surface area contributed by atoms with E-state index in [1.807, 2.05) is 29.5 Å². The smallest absolute Gasteiger partial charge is 0.276 e. The van der Waals surface area contributed by atoms with Crippen LogP contribution < -0.4 is 5.32 Å². The Balaban J connectivity index is 1.66. The molecule has 0 aromatic carbocycles. The monoisotopic (exact) mass is 350 g/mol. The van der Waals surface area contributed by atoms with Gasteiger partial charge >= 0.3 is 0 Å². The van der Waals surface area contributed by atoms with Crippen LogP contribution in [-0.2, 0) is 12.8 Å². The molecule has 0 bridgehead atoms. The van der Waals surface area contributed by atoms with E-state index in [0.717, 1.165) is 36.2 Å². The van der Waals surface area contributed by atoms with Gasteiger partial charge in [-0.3, -0.25) is 4.79 Å². The molecular weight excluding hydrogens is 332 g/mol. The summed E-state index contributed by atoms with van der Waals surface area (Å²) in [4.78, 5) is 18.3. The Bertz CT molecular complexity index is 1020. The van der Waals surface area contributed by atoms with E-state index in [-0.39, 0.29) is 5.91 Å². The van der Waals surface area contributed by atoms with E-state index in [1.54, 1.807) is 6.20 Å². The number of anilines is 1. The Labute approximate surface area is 149 Å². The van der Waals surface area contributed by atoms with E-state index in [1.165, 1.54) is 16.2 Å². The lowest BCUT2D eigenvalue weighted by atomic mass is 9.89. The zero-order valence-corrected chi connectivity index (χ0v) is 15.0. The molecule has 4 rings (SSSR count). The fourth-order valence-electron chi connectivity index (χ4n) is 3.38. The van der Waals surface area contributed by atoms with Crippen LogP contribution >= 0.6 is 11.3 Å². The number of fused-ring (bicyclic) bond motifs is 2. The number of hydrogen-bond acceptors (Lipinski definition) is 4. The first-order valence-electron chi connectivity index (χ1n) is 8.37. The molecule has 0 radical (unpaired) electrons. The number of pyridine rings is 1. The highest BCUT2D eigenvalue weighted by Crippen LogP contribution is 2.39. The van der Waals surface area contributed by atoms with Crippen LogP contribution in [0, 0.1) is 24.2 Å². The van der Waals surface area contributed by atoms with Gasteiger partial charge in [-0.25, -0.2) is 4.98 Å². The van der Waals surface area contributed by atoms with Gasteiger partial charge in [0, 0.05) is 16.8 Å². The van der Waals surface area contributed by atoms with Crippen molar-refractivity contribution in [2.45, 2.75) is 33.1 Å². The number of carbonyl (C=O) groups excluding carboxylic acids is 1. The van der Waals surface area contributed by atoms with Crippen molar-refractivity contribution >= 4 is 27.9 Å². The number of aryl methyl sites for hydroxylation is 1. The van der Waals surface area contributed by atoms with Gasteiger partial charge in [0.05, 0.1) is 5.56 Å². The summed E-state index contributed by atoms with van der Waals surface area (Å²) >= 11 is 1.53. The zero-order valence-electron chi connectivity index (χ0n) is 14.2. The standard InChI is InChI=1S/C19H18N4OS/c1-11-6-7-13-14(9-20)19(25-16(13)8-11)22-18(24)15-10-23-12(2)4-3-5-17(23)21-15/h3-5,10-11H,6-8H2,1-2H3,(H,22,24). The number of amides is 1. The molecule has 3 heterocycles. The summed E-state index contributed by atoms with van der Waals surface area (Å²) in [5, 5.41) is 13.1. The quantitative estimate of drug-likeness (QED) is 0.761.